The number of aromatic nitrogens is 4. The van der Waals surface area contributed by atoms with Crippen molar-refractivity contribution in [2.24, 2.45) is 13.0 Å². The molecular formula is C13H19N5O. The van der Waals surface area contributed by atoms with E-state index in [4.69, 9.17) is 0 Å². The van der Waals surface area contributed by atoms with Gasteiger partial charge in [0.15, 0.2) is 5.82 Å². The van der Waals surface area contributed by atoms with Crippen molar-refractivity contribution in [2.75, 3.05) is 5.32 Å². The molecule has 0 bridgehead atoms. The number of nitrogens with one attached hydrogen (secondary N) is 1. The van der Waals surface area contributed by atoms with Crippen LogP contribution in [0.25, 0.3) is 0 Å². The maximum absolute atomic E-state index is 12.2. The standard InChI is InChI=1S/C13H19N5O/c1-9(2)7-18-6-5-14-12(13(18)19)15-11-8-17(4)16-10(11)3/h5-6,8-9H,7H2,1-4H3,(H,14,15). The van der Waals surface area contributed by atoms with Gasteiger partial charge in [0, 0.05) is 32.2 Å². The van der Waals surface area contributed by atoms with Crippen LogP contribution in [0.4, 0.5) is 11.5 Å². The zero-order valence-corrected chi connectivity index (χ0v) is 11.7. The molecule has 0 aliphatic carbocycles. The van der Waals surface area contributed by atoms with Gasteiger partial charge in [0.05, 0.1) is 11.4 Å². The predicted molar refractivity (Wildman–Crippen MR) is 74.6 cm³/mol. The van der Waals surface area contributed by atoms with Crippen molar-refractivity contribution < 1.29 is 0 Å². The molecule has 0 saturated carbocycles. The van der Waals surface area contributed by atoms with Gasteiger partial charge in [0.2, 0.25) is 0 Å². The summed E-state index contributed by atoms with van der Waals surface area (Å²) in [5.74, 6) is 0.743. The molecule has 6 heteroatoms. The van der Waals surface area contributed by atoms with E-state index in [1.807, 2.05) is 20.2 Å². The maximum atomic E-state index is 12.2. The van der Waals surface area contributed by atoms with Gasteiger partial charge in [-0.2, -0.15) is 5.10 Å². The van der Waals surface area contributed by atoms with Gasteiger partial charge >= 0.3 is 0 Å². The number of hydrogen-bond donors (Lipinski definition) is 1. The van der Waals surface area contributed by atoms with Crippen LogP contribution < -0.4 is 10.9 Å². The van der Waals surface area contributed by atoms with Gasteiger partial charge in [0.1, 0.15) is 0 Å². The summed E-state index contributed by atoms with van der Waals surface area (Å²) in [6.07, 6.45) is 5.18. The van der Waals surface area contributed by atoms with Gasteiger partial charge in [0.25, 0.3) is 5.56 Å². The zero-order valence-electron chi connectivity index (χ0n) is 11.7. The van der Waals surface area contributed by atoms with Gasteiger partial charge < -0.3 is 9.88 Å². The van der Waals surface area contributed by atoms with Crippen molar-refractivity contribution in [1.82, 2.24) is 19.3 Å². The third kappa shape index (κ3) is 3.01. The Labute approximate surface area is 112 Å². The normalized spacial score (nSPS) is 11.0. The summed E-state index contributed by atoms with van der Waals surface area (Å²) in [6, 6.07) is 0. The lowest BCUT2D eigenvalue weighted by Crippen LogP contribution is -2.25. The summed E-state index contributed by atoms with van der Waals surface area (Å²) in [6.45, 7) is 6.72. The largest absolute Gasteiger partial charge is 0.333 e. The highest BCUT2D eigenvalue weighted by Gasteiger charge is 2.09. The molecular weight excluding hydrogens is 242 g/mol. The average molecular weight is 261 g/mol. The number of rotatable bonds is 4. The van der Waals surface area contributed by atoms with Gasteiger partial charge in [-0.1, -0.05) is 13.8 Å². The second-order valence-electron chi connectivity index (χ2n) is 5.05. The topological polar surface area (TPSA) is 64.7 Å². The van der Waals surface area contributed by atoms with E-state index in [1.54, 1.807) is 21.6 Å². The first-order valence-corrected chi connectivity index (χ1v) is 6.30. The fraction of sp³-hybridized carbons (Fsp3) is 0.462. The maximum Gasteiger partial charge on any atom is 0.293 e. The summed E-state index contributed by atoms with van der Waals surface area (Å²) < 4.78 is 3.37. The van der Waals surface area contributed by atoms with E-state index in [1.165, 1.54) is 0 Å². The van der Waals surface area contributed by atoms with Crippen LogP contribution in [-0.2, 0) is 13.6 Å². The molecule has 0 fully saturated rings. The van der Waals surface area contributed by atoms with Crippen LogP contribution in [0.5, 0.6) is 0 Å². The molecule has 0 aromatic carbocycles. The molecule has 19 heavy (non-hydrogen) atoms. The Kier molecular flexibility index (Phi) is 3.69. The third-order valence-electron chi connectivity index (χ3n) is 2.74. The van der Waals surface area contributed by atoms with Gasteiger partial charge in [-0.05, 0) is 12.8 Å². The molecule has 2 aromatic heterocycles. The zero-order chi connectivity index (χ0) is 14.0. The Morgan fingerprint density at radius 3 is 2.74 bits per heavy atom. The first-order valence-electron chi connectivity index (χ1n) is 6.30. The van der Waals surface area contributed by atoms with Crippen LogP contribution in [-0.4, -0.2) is 19.3 Å². The monoisotopic (exact) mass is 261 g/mol. The van der Waals surface area contributed by atoms with Gasteiger partial charge in [-0.25, -0.2) is 4.98 Å². The van der Waals surface area contributed by atoms with Crippen molar-refractivity contribution in [3.63, 3.8) is 0 Å². The predicted octanol–water partition coefficient (Wildman–Crippen LogP) is 1.68. The smallest absolute Gasteiger partial charge is 0.293 e. The van der Waals surface area contributed by atoms with Crippen molar-refractivity contribution in [3.05, 3.63) is 34.6 Å². The van der Waals surface area contributed by atoms with E-state index in [2.05, 4.69) is 29.2 Å². The fourth-order valence-corrected chi connectivity index (χ4v) is 1.92. The lowest BCUT2D eigenvalue weighted by atomic mass is 10.2. The van der Waals surface area contributed by atoms with Crippen LogP contribution in [0.3, 0.4) is 0 Å². The van der Waals surface area contributed by atoms with Crippen LogP contribution in [0, 0.1) is 12.8 Å². The van der Waals surface area contributed by atoms with E-state index in [0.717, 1.165) is 11.4 Å². The number of hydrogen-bond acceptors (Lipinski definition) is 4. The summed E-state index contributed by atoms with van der Waals surface area (Å²) in [5.41, 5.74) is 1.52. The van der Waals surface area contributed by atoms with Crippen molar-refractivity contribution in [3.8, 4) is 0 Å². The second-order valence-corrected chi connectivity index (χ2v) is 5.05. The highest BCUT2D eigenvalue weighted by molar-refractivity contribution is 5.56. The van der Waals surface area contributed by atoms with E-state index >= 15 is 0 Å². The Balaban J connectivity index is 2.31. The van der Waals surface area contributed by atoms with Crippen molar-refractivity contribution in [1.29, 1.82) is 0 Å². The Morgan fingerprint density at radius 1 is 1.42 bits per heavy atom. The second kappa shape index (κ2) is 5.26. The van der Waals surface area contributed by atoms with E-state index < -0.39 is 0 Å². The molecule has 1 N–H and O–H groups in total. The molecule has 0 saturated heterocycles. The number of nitrogens with zero attached hydrogens (tertiary/aromatic N) is 4. The Hall–Kier alpha value is -2.11. The molecule has 2 aromatic rings. The van der Waals surface area contributed by atoms with Gasteiger partial charge in [-0.15, -0.1) is 0 Å². The van der Waals surface area contributed by atoms with E-state index in [-0.39, 0.29) is 5.56 Å². The summed E-state index contributed by atoms with van der Waals surface area (Å²) in [4.78, 5) is 16.3. The van der Waals surface area contributed by atoms with Crippen molar-refractivity contribution >= 4 is 11.5 Å². The first-order chi connectivity index (χ1) is 8.97. The molecule has 0 amide bonds. The minimum Gasteiger partial charge on any atom is -0.333 e. The third-order valence-corrected chi connectivity index (χ3v) is 2.74. The molecule has 2 rings (SSSR count). The molecule has 0 aliphatic heterocycles. The van der Waals surface area contributed by atoms with Crippen LogP contribution in [0.15, 0.2) is 23.4 Å². The molecule has 0 atom stereocenters. The van der Waals surface area contributed by atoms with E-state index in [9.17, 15) is 4.79 Å². The average Bonchev–Trinajstić information content (AvgIpc) is 2.62. The van der Waals surface area contributed by atoms with Gasteiger partial charge in [-0.3, -0.25) is 9.48 Å². The molecule has 102 valence electrons. The van der Waals surface area contributed by atoms with Crippen LogP contribution in [0.1, 0.15) is 19.5 Å². The first kappa shape index (κ1) is 13.3. The molecule has 0 spiro atoms. The fourth-order valence-electron chi connectivity index (χ4n) is 1.92. The summed E-state index contributed by atoms with van der Waals surface area (Å²) in [7, 11) is 1.84. The highest BCUT2D eigenvalue weighted by atomic mass is 16.1. The van der Waals surface area contributed by atoms with E-state index in [0.29, 0.717) is 18.3 Å². The molecule has 0 aliphatic rings. The molecule has 6 nitrogen and oxygen atoms in total. The minimum atomic E-state index is -0.112. The number of aryl methyl sites for hydroxylation is 2. The Bertz CT molecular complexity index is 626. The lowest BCUT2D eigenvalue weighted by molar-refractivity contribution is 0.510. The summed E-state index contributed by atoms with van der Waals surface area (Å²) >= 11 is 0. The lowest BCUT2D eigenvalue weighted by Gasteiger charge is -2.10. The number of anilines is 2. The van der Waals surface area contributed by atoms with Crippen LogP contribution in [0.2, 0.25) is 0 Å². The Morgan fingerprint density at radius 2 is 2.16 bits per heavy atom. The highest BCUT2D eigenvalue weighted by Crippen LogP contribution is 2.14. The van der Waals surface area contributed by atoms with Crippen LogP contribution >= 0.6 is 0 Å². The quantitative estimate of drug-likeness (QED) is 0.909. The minimum absolute atomic E-state index is 0.112. The molecule has 0 radical (unpaired) electrons. The molecule has 0 unspecified atom stereocenters. The molecule has 2 heterocycles. The summed E-state index contributed by atoms with van der Waals surface area (Å²) in [5, 5.41) is 7.27. The van der Waals surface area contributed by atoms with Crippen molar-refractivity contribution in [2.45, 2.75) is 27.3 Å². The SMILES string of the molecule is Cc1nn(C)cc1Nc1nccn(CC(C)C)c1=O.